The maximum absolute atomic E-state index is 12.8. The molecule has 26 heavy (non-hydrogen) atoms. The minimum absolute atomic E-state index is 0.000772. The van der Waals surface area contributed by atoms with Gasteiger partial charge in [-0.3, -0.25) is 9.59 Å². The largest absolute Gasteiger partial charge is 0.416 e. The van der Waals surface area contributed by atoms with E-state index in [-0.39, 0.29) is 18.0 Å². The Hall–Kier alpha value is -2.13. The quantitative estimate of drug-likeness (QED) is 0.762. The molecule has 1 N–H and O–H groups in total. The van der Waals surface area contributed by atoms with Crippen LogP contribution < -0.4 is 5.32 Å². The van der Waals surface area contributed by atoms with Gasteiger partial charge in [0.1, 0.15) is 0 Å². The molecular weight excluding hydrogens is 351 g/mol. The number of rotatable bonds is 6. The van der Waals surface area contributed by atoms with Crippen molar-refractivity contribution in [3.8, 4) is 0 Å². The van der Waals surface area contributed by atoms with Crippen LogP contribution in [0.1, 0.15) is 15.9 Å². The topological polar surface area (TPSA) is 61.9 Å². The number of hydrogen-bond donors (Lipinski definition) is 1. The van der Waals surface area contributed by atoms with Crippen LogP contribution in [0.25, 0.3) is 0 Å². The van der Waals surface area contributed by atoms with Crippen LogP contribution in [0.2, 0.25) is 0 Å². The smallest absolute Gasteiger partial charge is 0.383 e. The second-order valence-corrected chi connectivity index (χ2v) is 5.92. The number of halogens is 3. The number of methoxy groups -OCH3 is 1. The summed E-state index contributed by atoms with van der Waals surface area (Å²) in [6.07, 6.45) is -4.49. The van der Waals surface area contributed by atoms with Gasteiger partial charge in [-0.2, -0.15) is 13.2 Å². The summed E-state index contributed by atoms with van der Waals surface area (Å²) in [7, 11) is 1.57. The van der Waals surface area contributed by atoms with Gasteiger partial charge in [-0.1, -0.05) is 6.07 Å². The molecule has 0 atom stereocenters. The molecule has 1 saturated heterocycles. The van der Waals surface area contributed by atoms with Crippen molar-refractivity contribution < 1.29 is 27.5 Å². The highest BCUT2D eigenvalue weighted by Crippen LogP contribution is 2.29. The van der Waals surface area contributed by atoms with Gasteiger partial charge in [-0.05, 0) is 18.2 Å². The van der Waals surface area contributed by atoms with E-state index >= 15 is 0 Å². The highest BCUT2D eigenvalue weighted by molar-refractivity contribution is 5.94. The van der Waals surface area contributed by atoms with E-state index < -0.39 is 17.6 Å². The lowest BCUT2D eigenvalue weighted by Crippen LogP contribution is -2.52. The average Bonchev–Trinajstić information content (AvgIpc) is 2.64. The molecule has 1 aliphatic heterocycles. The number of carbonyl (C=O) groups is 2. The third-order valence-corrected chi connectivity index (χ3v) is 4.12. The Balaban J connectivity index is 1.87. The molecule has 2 rings (SSSR count). The summed E-state index contributed by atoms with van der Waals surface area (Å²) in [6, 6.07) is 4.39. The molecule has 0 aromatic heterocycles. The van der Waals surface area contributed by atoms with E-state index in [2.05, 4.69) is 5.32 Å². The van der Waals surface area contributed by atoms with Gasteiger partial charge in [0.05, 0.1) is 18.7 Å². The van der Waals surface area contributed by atoms with Gasteiger partial charge in [-0.25, -0.2) is 0 Å². The number of ether oxygens (including phenoxy) is 1. The molecule has 0 saturated carbocycles. The van der Waals surface area contributed by atoms with E-state index in [0.29, 0.717) is 39.3 Å². The molecule has 0 bridgehead atoms. The van der Waals surface area contributed by atoms with Gasteiger partial charge in [0, 0.05) is 45.4 Å². The normalized spacial score (nSPS) is 15.2. The first-order valence-corrected chi connectivity index (χ1v) is 8.27. The van der Waals surface area contributed by atoms with Gasteiger partial charge in [-0.15, -0.1) is 0 Å². The van der Waals surface area contributed by atoms with Crippen LogP contribution in [0, 0.1) is 0 Å². The van der Waals surface area contributed by atoms with Crippen molar-refractivity contribution >= 4 is 11.8 Å². The Labute approximate surface area is 149 Å². The monoisotopic (exact) mass is 373 g/mol. The Morgan fingerprint density at radius 1 is 1.15 bits per heavy atom. The van der Waals surface area contributed by atoms with Crippen LogP contribution in [0.5, 0.6) is 0 Å². The van der Waals surface area contributed by atoms with Gasteiger partial charge in [0.15, 0.2) is 0 Å². The fourth-order valence-corrected chi connectivity index (χ4v) is 2.65. The van der Waals surface area contributed by atoms with Gasteiger partial charge >= 0.3 is 6.18 Å². The fraction of sp³-hybridized carbons (Fsp3) is 0.529. The number of benzene rings is 1. The molecule has 0 aliphatic carbocycles. The van der Waals surface area contributed by atoms with Crippen molar-refractivity contribution in [1.29, 1.82) is 0 Å². The number of alkyl halides is 3. The summed E-state index contributed by atoms with van der Waals surface area (Å²) in [6.45, 7) is 2.55. The van der Waals surface area contributed by atoms with Crippen LogP contribution in [0.15, 0.2) is 24.3 Å². The lowest BCUT2D eigenvalue weighted by atomic mass is 10.1. The Bertz CT molecular complexity index is 629. The zero-order chi connectivity index (χ0) is 19.2. The first kappa shape index (κ1) is 20.2. The van der Waals surface area contributed by atoms with Gasteiger partial charge in [0.2, 0.25) is 5.91 Å². The molecule has 0 spiro atoms. The predicted molar refractivity (Wildman–Crippen MR) is 88.7 cm³/mol. The third kappa shape index (κ3) is 5.43. The number of hydrogen-bond acceptors (Lipinski definition) is 4. The van der Waals surface area contributed by atoms with E-state index in [1.54, 1.807) is 12.0 Å². The second-order valence-electron chi connectivity index (χ2n) is 5.92. The summed E-state index contributed by atoms with van der Waals surface area (Å²) >= 11 is 0. The lowest BCUT2D eigenvalue weighted by Gasteiger charge is -2.35. The van der Waals surface area contributed by atoms with Gasteiger partial charge < -0.3 is 19.9 Å². The van der Waals surface area contributed by atoms with Crippen molar-refractivity contribution in [3.05, 3.63) is 35.4 Å². The molecule has 9 heteroatoms. The number of nitrogens with zero attached hydrogens (tertiary/aromatic N) is 2. The summed E-state index contributed by atoms with van der Waals surface area (Å²) in [5.74, 6) is -0.534. The van der Waals surface area contributed by atoms with Crippen molar-refractivity contribution in [2.75, 3.05) is 53.0 Å². The predicted octanol–water partition coefficient (Wildman–Crippen LogP) is 1.23. The summed E-state index contributed by atoms with van der Waals surface area (Å²) in [4.78, 5) is 27.6. The molecule has 0 radical (unpaired) electrons. The zero-order valence-corrected chi connectivity index (χ0v) is 14.5. The van der Waals surface area contributed by atoms with Crippen molar-refractivity contribution in [1.82, 2.24) is 15.1 Å². The van der Waals surface area contributed by atoms with Crippen LogP contribution >= 0.6 is 0 Å². The van der Waals surface area contributed by atoms with Crippen molar-refractivity contribution in [2.24, 2.45) is 0 Å². The Morgan fingerprint density at radius 3 is 2.42 bits per heavy atom. The number of amides is 2. The number of piperazine rings is 1. The Morgan fingerprint density at radius 2 is 1.81 bits per heavy atom. The standard InChI is InChI=1S/C17H22F3N3O3/c1-26-10-5-21-12-15(24)22-6-8-23(9-7-22)16(25)13-3-2-4-14(11-13)17(18,19)20/h2-4,11,21H,5-10,12H2,1H3. The second kappa shape index (κ2) is 9.00. The van der Waals surface area contributed by atoms with E-state index in [0.717, 1.165) is 12.1 Å². The van der Waals surface area contributed by atoms with Crippen molar-refractivity contribution in [3.63, 3.8) is 0 Å². The maximum atomic E-state index is 12.8. The summed E-state index contributed by atoms with van der Waals surface area (Å²) in [5.41, 5.74) is -0.847. The van der Waals surface area contributed by atoms with E-state index in [1.807, 2.05) is 0 Å². The minimum Gasteiger partial charge on any atom is -0.383 e. The van der Waals surface area contributed by atoms with Crippen LogP contribution in [0.3, 0.4) is 0 Å². The molecule has 1 aliphatic rings. The molecule has 1 fully saturated rings. The first-order chi connectivity index (χ1) is 12.3. The van der Waals surface area contributed by atoms with Gasteiger partial charge in [0.25, 0.3) is 5.91 Å². The maximum Gasteiger partial charge on any atom is 0.416 e. The van der Waals surface area contributed by atoms with Crippen LogP contribution in [-0.2, 0) is 15.7 Å². The van der Waals surface area contributed by atoms with E-state index in [4.69, 9.17) is 4.74 Å². The highest BCUT2D eigenvalue weighted by Gasteiger charge is 2.32. The van der Waals surface area contributed by atoms with Crippen LogP contribution in [0.4, 0.5) is 13.2 Å². The molecule has 1 heterocycles. The summed E-state index contributed by atoms with van der Waals surface area (Å²) < 4.78 is 43.2. The van der Waals surface area contributed by atoms with Crippen LogP contribution in [-0.4, -0.2) is 74.6 Å². The molecule has 2 amide bonds. The molecule has 144 valence electrons. The molecule has 1 aromatic carbocycles. The third-order valence-electron chi connectivity index (χ3n) is 4.12. The molecule has 0 unspecified atom stereocenters. The average molecular weight is 373 g/mol. The molecule has 6 nitrogen and oxygen atoms in total. The lowest BCUT2D eigenvalue weighted by molar-refractivity contribution is -0.137. The minimum atomic E-state index is -4.49. The first-order valence-electron chi connectivity index (χ1n) is 8.27. The zero-order valence-electron chi connectivity index (χ0n) is 14.5. The Kier molecular flexibility index (Phi) is 6.98. The van der Waals surface area contributed by atoms with E-state index in [9.17, 15) is 22.8 Å². The molecular formula is C17H22F3N3O3. The van der Waals surface area contributed by atoms with E-state index in [1.165, 1.54) is 17.0 Å². The van der Waals surface area contributed by atoms with Crippen molar-refractivity contribution in [2.45, 2.75) is 6.18 Å². The number of nitrogens with one attached hydrogen (secondary N) is 1. The summed E-state index contributed by atoms with van der Waals surface area (Å²) in [5, 5.41) is 2.96. The number of carbonyl (C=O) groups excluding carboxylic acids is 2. The fourth-order valence-electron chi connectivity index (χ4n) is 2.65. The SMILES string of the molecule is COCCNCC(=O)N1CCN(C(=O)c2cccc(C(F)(F)F)c2)CC1. The molecule has 1 aromatic rings. The highest BCUT2D eigenvalue weighted by atomic mass is 19.4.